The van der Waals surface area contributed by atoms with Crippen molar-refractivity contribution in [3.8, 4) is 5.75 Å². The number of carbonyl (C=O) groups is 1. The topological polar surface area (TPSA) is 98.9 Å². The fourth-order valence-corrected chi connectivity index (χ4v) is 1.51. The van der Waals surface area contributed by atoms with Gasteiger partial charge in [0, 0.05) is 12.2 Å². The van der Waals surface area contributed by atoms with Crippen LogP contribution in [0.5, 0.6) is 5.75 Å². The lowest BCUT2D eigenvalue weighted by Crippen LogP contribution is -2.30. The molecule has 0 saturated heterocycles. The van der Waals surface area contributed by atoms with Gasteiger partial charge in [-0.3, -0.25) is 10.1 Å². The third kappa shape index (κ3) is 3.89. The monoisotopic (exact) mass is 287 g/mol. The molecule has 0 aromatic heterocycles. The van der Waals surface area contributed by atoms with Crippen molar-refractivity contribution in [2.24, 2.45) is 0 Å². The number of halogens is 1. The van der Waals surface area contributed by atoms with Gasteiger partial charge in [0.15, 0.2) is 17.7 Å². The largest absolute Gasteiger partial charge is 0.487 e. The van der Waals surface area contributed by atoms with Crippen molar-refractivity contribution >= 4 is 11.7 Å². The second-order valence-electron chi connectivity index (χ2n) is 3.92. The molecular formula is C12H14FNO6. The van der Waals surface area contributed by atoms with Crippen molar-refractivity contribution in [2.45, 2.75) is 20.0 Å². The summed E-state index contributed by atoms with van der Waals surface area (Å²) < 4.78 is 23.5. The van der Waals surface area contributed by atoms with E-state index in [4.69, 9.17) is 14.6 Å². The Kier molecular flexibility index (Phi) is 5.39. The first-order valence-corrected chi connectivity index (χ1v) is 5.78. The van der Waals surface area contributed by atoms with Crippen molar-refractivity contribution in [3.05, 3.63) is 33.6 Å². The van der Waals surface area contributed by atoms with E-state index in [2.05, 4.69) is 0 Å². The minimum atomic E-state index is -1.23. The van der Waals surface area contributed by atoms with Gasteiger partial charge in [-0.25, -0.2) is 9.18 Å². The smallest absolute Gasteiger partial charge is 0.336 e. The fourth-order valence-electron chi connectivity index (χ4n) is 1.51. The van der Waals surface area contributed by atoms with Gasteiger partial charge in [0.2, 0.25) is 0 Å². The van der Waals surface area contributed by atoms with E-state index in [1.54, 1.807) is 6.92 Å². The van der Waals surface area contributed by atoms with E-state index in [9.17, 15) is 19.3 Å². The van der Waals surface area contributed by atoms with Gasteiger partial charge in [0.1, 0.15) is 6.61 Å². The summed E-state index contributed by atoms with van der Waals surface area (Å²) in [5.74, 6) is -2.41. The van der Waals surface area contributed by atoms with E-state index in [0.29, 0.717) is 0 Å². The SMILES string of the molecule is CCOC(COc1cc(C)c([N+](=O)[O-])cc1F)C(=O)O. The number of ether oxygens (including phenoxy) is 2. The van der Waals surface area contributed by atoms with Crippen LogP contribution in [0.1, 0.15) is 12.5 Å². The number of hydrogen-bond acceptors (Lipinski definition) is 5. The molecule has 0 heterocycles. The zero-order valence-corrected chi connectivity index (χ0v) is 11.0. The van der Waals surface area contributed by atoms with Crippen LogP contribution in [0.15, 0.2) is 12.1 Å². The van der Waals surface area contributed by atoms with Crippen molar-refractivity contribution in [2.75, 3.05) is 13.2 Å². The molecule has 0 spiro atoms. The third-order valence-electron chi connectivity index (χ3n) is 2.48. The predicted octanol–water partition coefficient (Wildman–Crippen LogP) is 1.91. The highest BCUT2D eigenvalue weighted by molar-refractivity contribution is 5.72. The van der Waals surface area contributed by atoms with Crippen LogP contribution in [0.2, 0.25) is 0 Å². The Morgan fingerprint density at radius 3 is 2.70 bits per heavy atom. The maximum absolute atomic E-state index is 13.6. The molecule has 1 N–H and O–H groups in total. The number of carboxylic acids is 1. The summed E-state index contributed by atoms with van der Waals surface area (Å²) in [6.45, 7) is 2.83. The molecule has 0 amide bonds. The molecule has 1 rings (SSSR count). The first-order valence-electron chi connectivity index (χ1n) is 5.78. The van der Waals surface area contributed by atoms with Gasteiger partial charge in [0.05, 0.1) is 11.0 Å². The first-order chi connectivity index (χ1) is 9.36. The molecule has 110 valence electrons. The molecule has 0 aliphatic heterocycles. The Hall–Kier alpha value is -2.22. The molecule has 0 radical (unpaired) electrons. The molecule has 1 aromatic rings. The molecule has 0 saturated carbocycles. The van der Waals surface area contributed by atoms with E-state index < -0.39 is 29.4 Å². The van der Waals surface area contributed by atoms with Crippen LogP contribution in [0, 0.1) is 22.9 Å². The molecule has 20 heavy (non-hydrogen) atoms. The predicted molar refractivity (Wildman–Crippen MR) is 66.3 cm³/mol. The lowest BCUT2D eigenvalue weighted by atomic mass is 10.2. The van der Waals surface area contributed by atoms with Crippen molar-refractivity contribution in [3.63, 3.8) is 0 Å². The van der Waals surface area contributed by atoms with Crippen LogP contribution in [0.3, 0.4) is 0 Å². The number of nitrogens with zero attached hydrogens (tertiary/aromatic N) is 1. The zero-order valence-electron chi connectivity index (χ0n) is 11.0. The summed E-state index contributed by atoms with van der Waals surface area (Å²) in [4.78, 5) is 20.7. The van der Waals surface area contributed by atoms with Crippen LogP contribution in [-0.2, 0) is 9.53 Å². The number of aliphatic carboxylic acids is 1. The Labute approximate surface area is 114 Å². The Morgan fingerprint density at radius 1 is 1.55 bits per heavy atom. The molecule has 1 atom stereocenters. The molecule has 1 unspecified atom stereocenters. The highest BCUT2D eigenvalue weighted by Gasteiger charge is 2.21. The van der Waals surface area contributed by atoms with Gasteiger partial charge in [-0.15, -0.1) is 0 Å². The quantitative estimate of drug-likeness (QED) is 0.607. The van der Waals surface area contributed by atoms with Crippen LogP contribution in [-0.4, -0.2) is 35.3 Å². The van der Waals surface area contributed by atoms with E-state index >= 15 is 0 Å². The van der Waals surface area contributed by atoms with E-state index in [-0.39, 0.29) is 23.6 Å². The zero-order chi connectivity index (χ0) is 15.3. The number of hydrogen-bond donors (Lipinski definition) is 1. The summed E-state index contributed by atoms with van der Waals surface area (Å²) in [5.41, 5.74) is -0.149. The van der Waals surface area contributed by atoms with E-state index in [1.165, 1.54) is 6.92 Å². The van der Waals surface area contributed by atoms with Gasteiger partial charge in [-0.1, -0.05) is 0 Å². The number of aryl methyl sites for hydroxylation is 1. The minimum Gasteiger partial charge on any atom is -0.487 e. The van der Waals surface area contributed by atoms with Crippen molar-refractivity contribution in [1.82, 2.24) is 0 Å². The molecule has 0 fully saturated rings. The molecule has 0 aliphatic carbocycles. The molecule has 0 bridgehead atoms. The molecule has 8 heteroatoms. The summed E-state index contributed by atoms with van der Waals surface area (Å²) >= 11 is 0. The van der Waals surface area contributed by atoms with Crippen molar-refractivity contribution < 1.29 is 28.7 Å². The van der Waals surface area contributed by atoms with Gasteiger partial charge in [-0.2, -0.15) is 0 Å². The normalized spacial score (nSPS) is 11.9. The number of benzene rings is 1. The van der Waals surface area contributed by atoms with E-state index in [0.717, 1.165) is 12.1 Å². The van der Waals surface area contributed by atoms with Gasteiger partial charge in [0.25, 0.3) is 5.69 Å². The van der Waals surface area contributed by atoms with Gasteiger partial charge < -0.3 is 14.6 Å². The third-order valence-corrected chi connectivity index (χ3v) is 2.48. The first kappa shape index (κ1) is 15.8. The molecule has 1 aromatic carbocycles. The van der Waals surface area contributed by atoms with Crippen LogP contribution >= 0.6 is 0 Å². The number of nitro benzene ring substituents is 1. The highest BCUT2D eigenvalue weighted by Crippen LogP contribution is 2.27. The second-order valence-corrected chi connectivity index (χ2v) is 3.92. The van der Waals surface area contributed by atoms with E-state index in [1.807, 2.05) is 0 Å². The molecule has 0 aliphatic rings. The lowest BCUT2D eigenvalue weighted by molar-refractivity contribution is -0.385. The average molecular weight is 287 g/mol. The van der Waals surface area contributed by atoms with Gasteiger partial charge >= 0.3 is 5.97 Å². The summed E-state index contributed by atoms with van der Waals surface area (Å²) in [7, 11) is 0. The maximum Gasteiger partial charge on any atom is 0.336 e. The van der Waals surface area contributed by atoms with Gasteiger partial charge in [-0.05, 0) is 19.9 Å². The highest BCUT2D eigenvalue weighted by atomic mass is 19.1. The minimum absolute atomic E-state index is 0.169. The van der Waals surface area contributed by atoms with Crippen LogP contribution in [0.25, 0.3) is 0 Å². The van der Waals surface area contributed by atoms with Crippen LogP contribution < -0.4 is 4.74 Å². The van der Waals surface area contributed by atoms with Crippen molar-refractivity contribution in [1.29, 1.82) is 0 Å². The summed E-state index contributed by atoms with van der Waals surface area (Å²) in [5, 5.41) is 19.5. The number of nitro groups is 1. The summed E-state index contributed by atoms with van der Waals surface area (Å²) in [6, 6.07) is 1.89. The standard InChI is InChI=1S/C12H14FNO6/c1-3-19-11(12(15)16)6-20-10-4-7(2)9(14(17)18)5-8(10)13/h4-5,11H,3,6H2,1-2H3,(H,15,16). The fraction of sp³-hybridized carbons (Fsp3) is 0.417. The Balaban J connectivity index is 2.85. The Bertz CT molecular complexity index is 519. The molecule has 7 nitrogen and oxygen atoms in total. The second kappa shape index (κ2) is 6.80. The number of carboxylic acid groups (broad SMARTS) is 1. The summed E-state index contributed by atoms with van der Waals surface area (Å²) in [6.07, 6.45) is -1.23. The number of rotatable bonds is 7. The maximum atomic E-state index is 13.6. The van der Waals surface area contributed by atoms with Crippen LogP contribution in [0.4, 0.5) is 10.1 Å². The Morgan fingerprint density at radius 2 is 2.20 bits per heavy atom. The molecular weight excluding hydrogens is 273 g/mol. The lowest BCUT2D eigenvalue weighted by Gasteiger charge is -2.14. The average Bonchev–Trinajstić information content (AvgIpc) is 2.36.